The Bertz CT molecular complexity index is 340. The topological polar surface area (TPSA) is 93.1 Å². The summed E-state index contributed by atoms with van der Waals surface area (Å²) >= 11 is 0. The van der Waals surface area contributed by atoms with E-state index in [-0.39, 0.29) is 11.1 Å². The van der Waals surface area contributed by atoms with Gasteiger partial charge < -0.3 is 19.7 Å². The highest BCUT2D eigenvalue weighted by Crippen LogP contribution is 2.05. The summed E-state index contributed by atoms with van der Waals surface area (Å²) < 4.78 is 10.3. The highest BCUT2D eigenvalue weighted by molar-refractivity contribution is 5.85. The quantitative estimate of drug-likeness (QED) is 0.369. The van der Waals surface area contributed by atoms with E-state index in [1.54, 1.807) is 0 Å². The van der Waals surface area contributed by atoms with Crippen molar-refractivity contribution in [2.24, 2.45) is 0 Å². The molecule has 0 heterocycles. The minimum atomic E-state index is -0.912. The molecular formula is C18H32O6. The third kappa shape index (κ3) is 18.4. The lowest BCUT2D eigenvalue weighted by Crippen LogP contribution is -2.01. The van der Waals surface area contributed by atoms with Gasteiger partial charge in [-0.05, 0) is 45.4 Å². The molecule has 0 saturated carbocycles. The predicted octanol–water partition coefficient (Wildman–Crippen LogP) is 3.67. The molecule has 140 valence electrons. The van der Waals surface area contributed by atoms with Gasteiger partial charge in [0.15, 0.2) is 0 Å². The van der Waals surface area contributed by atoms with Crippen LogP contribution in [0.4, 0.5) is 0 Å². The molecule has 0 aliphatic heterocycles. The second-order valence-electron chi connectivity index (χ2n) is 5.19. The number of carboxylic acids is 2. The SMILES string of the molecule is C=C(CCCCOCC)C(=O)O.C=C(CCCOCCC)C(=O)O. The molecule has 0 aromatic heterocycles. The number of carbonyl (C=O) groups is 2. The van der Waals surface area contributed by atoms with Crippen molar-refractivity contribution >= 4 is 11.9 Å². The predicted molar refractivity (Wildman–Crippen MR) is 94.2 cm³/mol. The van der Waals surface area contributed by atoms with Crippen LogP contribution in [0.1, 0.15) is 52.4 Å². The number of hydrogen-bond donors (Lipinski definition) is 2. The molecule has 6 nitrogen and oxygen atoms in total. The standard InChI is InChI=1S/2C9H16O3/c1-3-12-7-5-4-6-8(2)9(10)11;1-3-6-12-7-4-5-8(2)9(10)11/h2*2-7H2,1H3,(H,10,11). The molecule has 0 aliphatic carbocycles. The fourth-order valence-corrected chi connectivity index (χ4v) is 1.53. The minimum Gasteiger partial charge on any atom is -0.478 e. The molecule has 0 aliphatic rings. The molecule has 0 spiro atoms. The third-order valence-corrected chi connectivity index (χ3v) is 2.94. The first-order valence-electron chi connectivity index (χ1n) is 8.34. The lowest BCUT2D eigenvalue weighted by molar-refractivity contribution is -0.133. The summed E-state index contributed by atoms with van der Waals surface area (Å²) in [4.78, 5) is 20.6. The highest BCUT2D eigenvalue weighted by atomic mass is 16.5. The van der Waals surface area contributed by atoms with E-state index in [0.29, 0.717) is 26.1 Å². The maximum absolute atomic E-state index is 10.3. The zero-order chi connectivity index (χ0) is 18.8. The number of carboxylic acid groups (broad SMARTS) is 2. The van der Waals surface area contributed by atoms with E-state index >= 15 is 0 Å². The number of hydrogen-bond acceptors (Lipinski definition) is 4. The molecule has 0 saturated heterocycles. The fraction of sp³-hybridized carbons (Fsp3) is 0.667. The van der Waals surface area contributed by atoms with Gasteiger partial charge in [-0.2, -0.15) is 0 Å². The molecule has 0 aromatic rings. The van der Waals surface area contributed by atoms with Crippen LogP contribution in [0.3, 0.4) is 0 Å². The summed E-state index contributed by atoms with van der Waals surface area (Å²) in [6, 6.07) is 0. The molecule has 0 rings (SSSR count). The van der Waals surface area contributed by atoms with Crippen molar-refractivity contribution in [2.45, 2.75) is 52.4 Å². The molecule has 2 N–H and O–H groups in total. The molecule has 0 fully saturated rings. The molecule has 6 heteroatoms. The van der Waals surface area contributed by atoms with Gasteiger partial charge in [-0.3, -0.25) is 0 Å². The lowest BCUT2D eigenvalue weighted by atomic mass is 10.1. The van der Waals surface area contributed by atoms with Gasteiger partial charge in [-0.1, -0.05) is 20.1 Å². The number of rotatable bonds is 14. The Labute approximate surface area is 145 Å². The summed E-state index contributed by atoms with van der Waals surface area (Å²) in [6.07, 6.45) is 4.55. The Balaban J connectivity index is 0. The molecular weight excluding hydrogens is 312 g/mol. The summed E-state index contributed by atoms with van der Waals surface area (Å²) in [6.45, 7) is 13.6. The summed E-state index contributed by atoms with van der Waals surface area (Å²) in [5.74, 6) is -1.81. The van der Waals surface area contributed by atoms with Crippen LogP contribution in [0, 0.1) is 0 Å². The summed E-state index contributed by atoms with van der Waals surface area (Å²) in [5.41, 5.74) is 0.543. The van der Waals surface area contributed by atoms with Crippen LogP contribution in [0.5, 0.6) is 0 Å². The Hall–Kier alpha value is -1.66. The van der Waals surface area contributed by atoms with Crippen LogP contribution in [0.15, 0.2) is 24.3 Å². The van der Waals surface area contributed by atoms with Gasteiger partial charge in [0, 0.05) is 37.6 Å². The monoisotopic (exact) mass is 344 g/mol. The van der Waals surface area contributed by atoms with Crippen molar-refractivity contribution in [3.63, 3.8) is 0 Å². The lowest BCUT2D eigenvalue weighted by Gasteiger charge is -2.01. The Kier molecular flexibility index (Phi) is 18.1. The van der Waals surface area contributed by atoms with Crippen LogP contribution in [0.25, 0.3) is 0 Å². The highest BCUT2D eigenvalue weighted by Gasteiger charge is 2.02. The molecule has 24 heavy (non-hydrogen) atoms. The van der Waals surface area contributed by atoms with E-state index in [9.17, 15) is 9.59 Å². The molecule has 0 radical (unpaired) electrons. The zero-order valence-electron chi connectivity index (χ0n) is 15.0. The van der Waals surface area contributed by atoms with Crippen molar-refractivity contribution in [3.05, 3.63) is 24.3 Å². The first kappa shape index (κ1) is 24.6. The third-order valence-electron chi connectivity index (χ3n) is 2.94. The van der Waals surface area contributed by atoms with Gasteiger partial charge >= 0.3 is 11.9 Å². The molecule has 0 amide bonds. The number of aliphatic carboxylic acids is 2. The Morgan fingerprint density at radius 3 is 1.75 bits per heavy atom. The molecule has 0 unspecified atom stereocenters. The van der Waals surface area contributed by atoms with Crippen molar-refractivity contribution < 1.29 is 29.3 Å². The maximum Gasteiger partial charge on any atom is 0.330 e. The molecule has 0 bridgehead atoms. The zero-order valence-corrected chi connectivity index (χ0v) is 15.0. The fourth-order valence-electron chi connectivity index (χ4n) is 1.53. The van der Waals surface area contributed by atoms with Crippen LogP contribution in [0.2, 0.25) is 0 Å². The first-order valence-corrected chi connectivity index (χ1v) is 8.34. The van der Waals surface area contributed by atoms with Gasteiger partial charge in [-0.25, -0.2) is 9.59 Å². The first-order chi connectivity index (χ1) is 11.4. The molecule has 0 aromatic carbocycles. The average Bonchev–Trinajstić information content (AvgIpc) is 2.54. The average molecular weight is 344 g/mol. The smallest absolute Gasteiger partial charge is 0.330 e. The number of unbranched alkanes of at least 4 members (excludes halogenated alkanes) is 1. The van der Waals surface area contributed by atoms with E-state index in [4.69, 9.17) is 19.7 Å². The van der Waals surface area contributed by atoms with E-state index in [1.807, 2.05) is 13.8 Å². The van der Waals surface area contributed by atoms with E-state index in [1.165, 1.54) is 0 Å². The minimum absolute atomic E-state index is 0.259. The van der Waals surface area contributed by atoms with E-state index < -0.39 is 11.9 Å². The largest absolute Gasteiger partial charge is 0.478 e. The van der Waals surface area contributed by atoms with Crippen LogP contribution in [-0.4, -0.2) is 48.6 Å². The van der Waals surface area contributed by atoms with Crippen molar-refractivity contribution in [1.82, 2.24) is 0 Å². The van der Waals surface area contributed by atoms with Gasteiger partial charge in [0.1, 0.15) is 0 Å². The van der Waals surface area contributed by atoms with Gasteiger partial charge in [-0.15, -0.1) is 0 Å². The van der Waals surface area contributed by atoms with Gasteiger partial charge in [0.05, 0.1) is 0 Å². The summed E-state index contributed by atoms with van der Waals surface area (Å²) in [7, 11) is 0. The van der Waals surface area contributed by atoms with Crippen LogP contribution >= 0.6 is 0 Å². The van der Waals surface area contributed by atoms with Crippen molar-refractivity contribution in [2.75, 3.05) is 26.4 Å². The number of ether oxygens (including phenoxy) is 2. The van der Waals surface area contributed by atoms with Crippen LogP contribution in [-0.2, 0) is 19.1 Å². The second-order valence-corrected chi connectivity index (χ2v) is 5.19. The van der Waals surface area contributed by atoms with Crippen LogP contribution < -0.4 is 0 Å². The Morgan fingerprint density at radius 2 is 1.29 bits per heavy atom. The van der Waals surface area contributed by atoms with Gasteiger partial charge in [0.25, 0.3) is 0 Å². The normalized spacial score (nSPS) is 9.75. The summed E-state index contributed by atoms with van der Waals surface area (Å²) in [5, 5.41) is 16.9. The second kappa shape index (κ2) is 17.7. The van der Waals surface area contributed by atoms with E-state index in [0.717, 1.165) is 38.9 Å². The Morgan fingerprint density at radius 1 is 0.792 bits per heavy atom. The molecule has 0 atom stereocenters. The maximum atomic E-state index is 10.3. The van der Waals surface area contributed by atoms with Crippen molar-refractivity contribution in [1.29, 1.82) is 0 Å². The van der Waals surface area contributed by atoms with Crippen molar-refractivity contribution in [3.8, 4) is 0 Å². The van der Waals surface area contributed by atoms with E-state index in [2.05, 4.69) is 13.2 Å². The van der Waals surface area contributed by atoms with Gasteiger partial charge in [0.2, 0.25) is 0 Å².